The third-order valence-corrected chi connectivity index (χ3v) is 3.61. The van der Waals surface area contributed by atoms with Gasteiger partial charge in [0.05, 0.1) is 0 Å². The molecule has 0 heterocycles. The molecule has 0 saturated heterocycles. The van der Waals surface area contributed by atoms with Gasteiger partial charge in [-0.15, -0.1) is 0 Å². The lowest BCUT2D eigenvalue weighted by molar-refractivity contribution is -0.131. The zero-order valence-electron chi connectivity index (χ0n) is 12.3. The summed E-state index contributed by atoms with van der Waals surface area (Å²) in [5, 5.41) is 11.4. The van der Waals surface area contributed by atoms with Gasteiger partial charge in [0.1, 0.15) is 0 Å². The summed E-state index contributed by atoms with van der Waals surface area (Å²) in [5.41, 5.74) is 1.96. The monoisotopic (exact) mass is 309 g/mol. The first-order valence-corrected chi connectivity index (χ1v) is 8.14. The Labute approximate surface area is 126 Å². The largest absolute Gasteiger partial charge is 0.478 e. The number of rotatable bonds is 6. The minimum absolute atomic E-state index is 0.193. The molecule has 0 spiro atoms. The van der Waals surface area contributed by atoms with Crippen molar-refractivity contribution in [1.29, 1.82) is 0 Å². The van der Waals surface area contributed by atoms with Crippen LogP contribution in [0, 0.1) is 6.92 Å². The van der Waals surface area contributed by atoms with Gasteiger partial charge < -0.3 is 10.4 Å². The van der Waals surface area contributed by atoms with Crippen LogP contribution in [0.2, 0.25) is 0 Å². The maximum Gasteiger partial charge on any atom is 0.328 e. The van der Waals surface area contributed by atoms with Crippen molar-refractivity contribution in [3.8, 4) is 0 Å². The molecule has 0 fully saturated rings. The Bertz CT molecular complexity index is 595. The molecule has 0 aromatic heterocycles. The van der Waals surface area contributed by atoms with Gasteiger partial charge in [0.15, 0.2) is 0 Å². The van der Waals surface area contributed by atoms with Gasteiger partial charge in [-0.05, 0) is 43.2 Å². The van der Waals surface area contributed by atoms with E-state index in [0.29, 0.717) is 16.9 Å². The predicted octanol–water partition coefficient (Wildman–Crippen LogP) is 1.59. The number of carbonyl (C=O) groups excluding carboxylic acids is 1. The first-order chi connectivity index (χ1) is 9.77. The maximum atomic E-state index is 12.1. The first kappa shape index (κ1) is 17.1. The van der Waals surface area contributed by atoms with E-state index >= 15 is 0 Å². The Morgan fingerprint density at radius 2 is 2.05 bits per heavy atom. The lowest BCUT2D eigenvalue weighted by Crippen LogP contribution is -2.36. The van der Waals surface area contributed by atoms with Crippen molar-refractivity contribution < 1.29 is 18.9 Å². The summed E-state index contributed by atoms with van der Waals surface area (Å²) in [6, 6.07) is 4.95. The van der Waals surface area contributed by atoms with Crippen LogP contribution in [-0.4, -0.2) is 39.2 Å². The highest BCUT2D eigenvalue weighted by atomic mass is 32.2. The second-order valence-corrected chi connectivity index (χ2v) is 6.40. The van der Waals surface area contributed by atoms with Crippen LogP contribution >= 0.6 is 0 Å². The second-order valence-electron chi connectivity index (χ2n) is 4.92. The van der Waals surface area contributed by atoms with Gasteiger partial charge in [-0.1, -0.05) is 6.07 Å². The quantitative estimate of drug-likeness (QED) is 0.782. The standard InChI is InChI=1S/C15H19NO4S/c1-10-6-12(4-5-14(17)18)8-13(7-10)15(19)16-11(2)9-21(3)20/h4-8,11H,9H2,1-3H3,(H,16,19)(H,17,18)/b5-4+. The average Bonchev–Trinajstić information content (AvgIpc) is 2.34. The summed E-state index contributed by atoms with van der Waals surface area (Å²) in [4.78, 5) is 22.7. The van der Waals surface area contributed by atoms with Crippen molar-refractivity contribution in [1.82, 2.24) is 5.32 Å². The number of benzene rings is 1. The molecule has 1 aromatic rings. The topological polar surface area (TPSA) is 83.5 Å². The third-order valence-electron chi connectivity index (χ3n) is 2.64. The SMILES string of the molecule is Cc1cc(/C=C/C(=O)O)cc(C(=O)NC(C)CS(C)=O)c1. The van der Waals surface area contributed by atoms with Gasteiger partial charge in [-0.2, -0.15) is 0 Å². The summed E-state index contributed by atoms with van der Waals surface area (Å²) in [7, 11) is -0.977. The van der Waals surface area contributed by atoms with E-state index < -0.39 is 16.8 Å². The first-order valence-electron chi connectivity index (χ1n) is 6.41. The van der Waals surface area contributed by atoms with Crippen LogP contribution < -0.4 is 5.32 Å². The number of carbonyl (C=O) groups is 2. The lowest BCUT2D eigenvalue weighted by atomic mass is 10.1. The van der Waals surface area contributed by atoms with E-state index in [2.05, 4.69) is 5.32 Å². The molecule has 0 aliphatic heterocycles. The van der Waals surface area contributed by atoms with Crippen LogP contribution in [0.4, 0.5) is 0 Å². The molecule has 6 heteroatoms. The van der Waals surface area contributed by atoms with Crippen LogP contribution in [0.15, 0.2) is 24.3 Å². The highest BCUT2D eigenvalue weighted by Crippen LogP contribution is 2.12. The lowest BCUT2D eigenvalue weighted by Gasteiger charge is -2.13. The minimum Gasteiger partial charge on any atom is -0.478 e. The number of nitrogens with one attached hydrogen (secondary N) is 1. The highest BCUT2D eigenvalue weighted by Gasteiger charge is 2.11. The van der Waals surface area contributed by atoms with E-state index in [1.807, 2.05) is 6.92 Å². The number of amides is 1. The minimum atomic E-state index is -1.04. The van der Waals surface area contributed by atoms with Gasteiger partial charge in [0.25, 0.3) is 5.91 Å². The number of hydrogen-bond acceptors (Lipinski definition) is 3. The van der Waals surface area contributed by atoms with Crippen LogP contribution in [0.5, 0.6) is 0 Å². The fourth-order valence-corrected chi connectivity index (χ4v) is 2.70. The number of carboxylic acids is 1. The second kappa shape index (κ2) is 7.73. The zero-order valence-corrected chi connectivity index (χ0v) is 13.1. The Hall–Kier alpha value is -1.95. The van der Waals surface area contributed by atoms with Gasteiger partial charge in [-0.3, -0.25) is 9.00 Å². The maximum absolute atomic E-state index is 12.1. The van der Waals surface area contributed by atoms with Crippen LogP contribution in [-0.2, 0) is 15.6 Å². The summed E-state index contributed by atoms with van der Waals surface area (Å²) < 4.78 is 11.1. The molecule has 0 aliphatic rings. The van der Waals surface area contributed by atoms with E-state index in [4.69, 9.17) is 5.11 Å². The van der Waals surface area contributed by atoms with Gasteiger partial charge in [-0.25, -0.2) is 4.79 Å². The van der Waals surface area contributed by atoms with Crippen molar-refractivity contribution in [3.05, 3.63) is 41.0 Å². The Balaban J connectivity index is 2.89. The molecule has 5 nitrogen and oxygen atoms in total. The molecular formula is C15H19NO4S. The molecule has 21 heavy (non-hydrogen) atoms. The summed E-state index contributed by atoms with van der Waals surface area (Å²) >= 11 is 0. The molecule has 2 atom stereocenters. The van der Waals surface area contributed by atoms with E-state index in [-0.39, 0.29) is 11.9 Å². The number of aliphatic carboxylic acids is 1. The smallest absolute Gasteiger partial charge is 0.328 e. The molecule has 0 bridgehead atoms. The average molecular weight is 309 g/mol. The van der Waals surface area contributed by atoms with Crippen LogP contribution in [0.25, 0.3) is 6.08 Å². The molecule has 1 amide bonds. The molecule has 0 aliphatic carbocycles. The molecule has 1 aromatic carbocycles. The van der Waals surface area contributed by atoms with Gasteiger partial charge >= 0.3 is 5.97 Å². The fourth-order valence-electron chi connectivity index (χ4n) is 1.91. The Kier molecular flexibility index (Phi) is 6.30. The number of carboxylic acid groups (broad SMARTS) is 1. The summed E-state index contributed by atoms with van der Waals surface area (Å²) in [5.74, 6) is -0.910. The number of hydrogen-bond donors (Lipinski definition) is 2. The molecule has 0 radical (unpaired) electrons. The fraction of sp³-hybridized carbons (Fsp3) is 0.333. The zero-order chi connectivity index (χ0) is 16.0. The Morgan fingerprint density at radius 3 is 2.62 bits per heavy atom. The van der Waals surface area contributed by atoms with Gasteiger partial charge in [0, 0.05) is 40.5 Å². The van der Waals surface area contributed by atoms with Crippen molar-refractivity contribution in [2.75, 3.05) is 12.0 Å². The van der Waals surface area contributed by atoms with Crippen molar-refractivity contribution in [2.24, 2.45) is 0 Å². The van der Waals surface area contributed by atoms with Crippen molar-refractivity contribution in [3.63, 3.8) is 0 Å². The Morgan fingerprint density at radius 1 is 1.38 bits per heavy atom. The van der Waals surface area contributed by atoms with Gasteiger partial charge in [0.2, 0.25) is 0 Å². The molecular weight excluding hydrogens is 290 g/mol. The summed E-state index contributed by atoms with van der Waals surface area (Å²) in [6.07, 6.45) is 4.06. The summed E-state index contributed by atoms with van der Waals surface area (Å²) in [6.45, 7) is 3.62. The molecule has 1 rings (SSSR count). The van der Waals surface area contributed by atoms with E-state index in [0.717, 1.165) is 11.6 Å². The van der Waals surface area contributed by atoms with E-state index in [1.54, 1.807) is 31.4 Å². The molecule has 114 valence electrons. The molecule has 2 N–H and O–H groups in total. The van der Waals surface area contributed by atoms with Crippen LogP contribution in [0.3, 0.4) is 0 Å². The van der Waals surface area contributed by atoms with E-state index in [9.17, 15) is 13.8 Å². The highest BCUT2D eigenvalue weighted by molar-refractivity contribution is 7.84. The van der Waals surface area contributed by atoms with E-state index in [1.165, 1.54) is 6.08 Å². The molecule has 0 saturated carbocycles. The predicted molar refractivity (Wildman–Crippen MR) is 83.7 cm³/mol. The van der Waals surface area contributed by atoms with Crippen molar-refractivity contribution in [2.45, 2.75) is 19.9 Å². The molecule has 2 unspecified atom stereocenters. The number of aryl methyl sites for hydroxylation is 1. The third kappa shape index (κ3) is 6.35. The van der Waals surface area contributed by atoms with Crippen LogP contribution in [0.1, 0.15) is 28.4 Å². The normalized spacial score (nSPS) is 13.9. The van der Waals surface area contributed by atoms with Crippen molar-refractivity contribution >= 4 is 28.8 Å².